The smallest absolute Gasteiger partial charge is 0.139 e. The van der Waals surface area contributed by atoms with Gasteiger partial charge in [-0.3, -0.25) is 0 Å². The lowest BCUT2D eigenvalue weighted by atomic mass is 10.0. The van der Waals surface area contributed by atoms with Gasteiger partial charge in [0.1, 0.15) is 5.84 Å². The molecule has 1 aliphatic carbocycles. The predicted molar refractivity (Wildman–Crippen MR) is 62.1 cm³/mol. The number of oxime groups is 1. The van der Waals surface area contributed by atoms with Crippen molar-refractivity contribution in [3.8, 4) is 0 Å². The first-order valence-corrected chi connectivity index (χ1v) is 5.77. The molecule has 88 valence electrons. The number of rotatable bonds is 7. The molecule has 0 unspecified atom stereocenters. The molecule has 3 N–H and O–H groups in total. The van der Waals surface area contributed by atoms with Crippen molar-refractivity contribution in [2.45, 2.75) is 39.0 Å². The zero-order valence-electron chi connectivity index (χ0n) is 9.87. The van der Waals surface area contributed by atoms with E-state index in [1.807, 2.05) is 0 Å². The van der Waals surface area contributed by atoms with Gasteiger partial charge in [0.05, 0.1) is 0 Å². The Kier molecular flexibility index (Phi) is 4.39. The van der Waals surface area contributed by atoms with Crippen molar-refractivity contribution in [2.75, 3.05) is 20.1 Å². The molecule has 0 atom stereocenters. The zero-order valence-corrected chi connectivity index (χ0v) is 9.87. The maximum Gasteiger partial charge on any atom is 0.139 e. The Bertz CT molecular complexity index is 224. The van der Waals surface area contributed by atoms with Crippen molar-refractivity contribution in [3.63, 3.8) is 0 Å². The third kappa shape index (κ3) is 4.08. The minimum Gasteiger partial charge on any atom is -0.409 e. The third-order valence-corrected chi connectivity index (χ3v) is 3.14. The maximum atomic E-state index is 8.55. The van der Waals surface area contributed by atoms with Gasteiger partial charge in [-0.2, -0.15) is 0 Å². The number of hydrogen-bond acceptors (Lipinski definition) is 3. The van der Waals surface area contributed by atoms with Crippen LogP contribution in [0.5, 0.6) is 0 Å². The Balaban J connectivity index is 2.30. The summed E-state index contributed by atoms with van der Waals surface area (Å²) in [5.74, 6) is 0.372. The van der Waals surface area contributed by atoms with Gasteiger partial charge in [0.25, 0.3) is 0 Å². The normalized spacial score (nSPS) is 19.5. The molecule has 0 heterocycles. The van der Waals surface area contributed by atoms with E-state index in [0.717, 1.165) is 19.5 Å². The number of nitrogens with zero attached hydrogens (tertiary/aromatic N) is 2. The molecule has 0 bridgehead atoms. The number of nitrogens with two attached hydrogens (primary N) is 1. The van der Waals surface area contributed by atoms with E-state index in [2.05, 4.69) is 24.0 Å². The van der Waals surface area contributed by atoms with Gasteiger partial charge in [0, 0.05) is 13.0 Å². The third-order valence-electron chi connectivity index (χ3n) is 3.14. The highest BCUT2D eigenvalue weighted by atomic mass is 16.4. The zero-order chi connectivity index (χ0) is 11.3. The van der Waals surface area contributed by atoms with Crippen molar-refractivity contribution in [1.82, 2.24) is 4.90 Å². The van der Waals surface area contributed by atoms with Crippen molar-refractivity contribution in [1.29, 1.82) is 0 Å². The second-order valence-electron chi connectivity index (χ2n) is 4.86. The second kappa shape index (κ2) is 5.35. The van der Waals surface area contributed by atoms with Crippen molar-refractivity contribution >= 4 is 5.84 Å². The molecule has 15 heavy (non-hydrogen) atoms. The first kappa shape index (κ1) is 12.3. The van der Waals surface area contributed by atoms with Gasteiger partial charge in [-0.05, 0) is 38.3 Å². The van der Waals surface area contributed by atoms with Gasteiger partial charge in [0.2, 0.25) is 0 Å². The Morgan fingerprint density at radius 2 is 2.20 bits per heavy atom. The molecular weight excluding hydrogens is 190 g/mol. The fraction of sp³-hybridized carbons (Fsp3) is 0.909. The van der Waals surface area contributed by atoms with Gasteiger partial charge < -0.3 is 15.8 Å². The van der Waals surface area contributed by atoms with E-state index in [1.165, 1.54) is 25.7 Å². The van der Waals surface area contributed by atoms with Crippen LogP contribution in [0.15, 0.2) is 5.16 Å². The summed E-state index contributed by atoms with van der Waals surface area (Å²) in [5, 5.41) is 11.6. The fourth-order valence-electron chi connectivity index (χ4n) is 2.07. The summed E-state index contributed by atoms with van der Waals surface area (Å²) in [7, 11) is 2.15. The summed E-state index contributed by atoms with van der Waals surface area (Å²) in [4.78, 5) is 2.36. The van der Waals surface area contributed by atoms with E-state index in [-0.39, 0.29) is 0 Å². The van der Waals surface area contributed by atoms with Gasteiger partial charge >= 0.3 is 0 Å². The Morgan fingerprint density at radius 1 is 1.53 bits per heavy atom. The fourth-order valence-corrected chi connectivity index (χ4v) is 2.07. The standard InChI is InChI=1S/C11H23N3O/c1-3-4-7-14(2)9-11(5-6-11)8-10(12)13-15/h15H,3-9H2,1-2H3,(H2,12,13). The maximum absolute atomic E-state index is 8.55. The van der Waals surface area contributed by atoms with Gasteiger partial charge in [0.15, 0.2) is 0 Å². The van der Waals surface area contributed by atoms with Crippen LogP contribution in [0.2, 0.25) is 0 Å². The molecule has 0 aromatic heterocycles. The highest BCUT2D eigenvalue weighted by Gasteiger charge is 2.43. The minimum absolute atomic E-state index is 0.304. The van der Waals surface area contributed by atoms with E-state index >= 15 is 0 Å². The summed E-state index contributed by atoms with van der Waals surface area (Å²) in [6.07, 6.45) is 5.63. The molecule has 0 amide bonds. The van der Waals surface area contributed by atoms with Crippen LogP contribution in [0.25, 0.3) is 0 Å². The summed E-state index contributed by atoms with van der Waals surface area (Å²) < 4.78 is 0. The van der Waals surface area contributed by atoms with Crippen LogP contribution in [-0.4, -0.2) is 36.1 Å². The van der Waals surface area contributed by atoms with Crippen molar-refractivity contribution in [3.05, 3.63) is 0 Å². The SMILES string of the molecule is CCCCN(C)CC1(CC(N)=NO)CC1. The number of unbranched alkanes of at least 4 members (excludes halogenated alkanes) is 1. The molecule has 0 aromatic carbocycles. The largest absolute Gasteiger partial charge is 0.409 e. The average molecular weight is 213 g/mol. The molecule has 4 nitrogen and oxygen atoms in total. The first-order valence-electron chi connectivity index (χ1n) is 5.77. The monoisotopic (exact) mass is 213 g/mol. The summed E-state index contributed by atoms with van der Waals surface area (Å²) in [6, 6.07) is 0. The highest BCUT2D eigenvalue weighted by molar-refractivity contribution is 5.80. The van der Waals surface area contributed by atoms with Crippen LogP contribution in [0.3, 0.4) is 0 Å². The lowest BCUT2D eigenvalue weighted by Gasteiger charge is -2.23. The van der Waals surface area contributed by atoms with E-state index in [1.54, 1.807) is 0 Å². The highest BCUT2D eigenvalue weighted by Crippen LogP contribution is 2.49. The Morgan fingerprint density at radius 3 is 2.67 bits per heavy atom. The van der Waals surface area contributed by atoms with Crippen LogP contribution in [0, 0.1) is 5.41 Å². The molecule has 0 radical (unpaired) electrons. The molecule has 1 aliphatic rings. The summed E-state index contributed by atoms with van der Waals surface area (Å²) in [5.41, 5.74) is 5.86. The van der Waals surface area contributed by atoms with Crippen molar-refractivity contribution in [2.24, 2.45) is 16.3 Å². The lowest BCUT2D eigenvalue weighted by Crippen LogP contribution is -2.30. The van der Waals surface area contributed by atoms with Gasteiger partial charge in [-0.15, -0.1) is 0 Å². The van der Waals surface area contributed by atoms with Crippen LogP contribution in [-0.2, 0) is 0 Å². The summed E-state index contributed by atoms with van der Waals surface area (Å²) >= 11 is 0. The Hall–Kier alpha value is -0.770. The summed E-state index contributed by atoms with van der Waals surface area (Å²) in [6.45, 7) is 4.43. The molecule has 1 rings (SSSR count). The molecule has 0 saturated heterocycles. The lowest BCUT2D eigenvalue weighted by molar-refractivity contribution is 0.259. The average Bonchev–Trinajstić information content (AvgIpc) is 2.94. The second-order valence-corrected chi connectivity index (χ2v) is 4.86. The number of hydrogen-bond donors (Lipinski definition) is 2. The van der Waals surface area contributed by atoms with E-state index in [9.17, 15) is 0 Å². The van der Waals surface area contributed by atoms with E-state index < -0.39 is 0 Å². The van der Waals surface area contributed by atoms with Crippen LogP contribution in [0.4, 0.5) is 0 Å². The van der Waals surface area contributed by atoms with Crippen LogP contribution >= 0.6 is 0 Å². The molecule has 1 fully saturated rings. The van der Waals surface area contributed by atoms with Crippen LogP contribution < -0.4 is 5.73 Å². The molecular formula is C11H23N3O. The minimum atomic E-state index is 0.304. The molecule has 0 aliphatic heterocycles. The van der Waals surface area contributed by atoms with E-state index in [4.69, 9.17) is 10.9 Å². The number of amidine groups is 1. The van der Waals surface area contributed by atoms with Crippen LogP contribution in [0.1, 0.15) is 39.0 Å². The Labute approximate surface area is 92.1 Å². The molecule has 1 saturated carbocycles. The topological polar surface area (TPSA) is 61.8 Å². The predicted octanol–water partition coefficient (Wildman–Crippen LogP) is 1.63. The van der Waals surface area contributed by atoms with Gasteiger partial charge in [-0.1, -0.05) is 18.5 Å². The van der Waals surface area contributed by atoms with E-state index in [0.29, 0.717) is 11.3 Å². The quantitative estimate of drug-likeness (QED) is 0.292. The molecule has 4 heteroatoms. The van der Waals surface area contributed by atoms with Gasteiger partial charge in [-0.25, -0.2) is 0 Å². The van der Waals surface area contributed by atoms with Crippen molar-refractivity contribution < 1.29 is 5.21 Å². The molecule has 0 aromatic rings. The molecule has 0 spiro atoms. The first-order chi connectivity index (χ1) is 7.12.